The Hall–Kier alpha value is -0.970. The van der Waals surface area contributed by atoms with E-state index in [2.05, 4.69) is 0 Å². The molecule has 16 heavy (non-hydrogen) atoms. The second-order valence-corrected chi connectivity index (χ2v) is 4.38. The molecular weight excluding hydrogens is 230 g/mol. The van der Waals surface area contributed by atoms with Crippen LogP contribution in [-0.2, 0) is 0 Å². The molecule has 0 amide bonds. The summed E-state index contributed by atoms with van der Waals surface area (Å²) < 4.78 is 11.1. The Morgan fingerprint density at radius 2 is 2.31 bits per heavy atom. The Labute approximate surface area is 98.9 Å². The minimum atomic E-state index is -1.18. The molecule has 2 unspecified atom stereocenters. The van der Waals surface area contributed by atoms with Gasteiger partial charge in [0.25, 0.3) is 0 Å². The maximum Gasteiger partial charge on any atom is 0.162 e. The van der Waals surface area contributed by atoms with Gasteiger partial charge in [-0.15, -0.1) is 0 Å². The third-order valence-corrected chi connectivity index (χ3v) is 3.03. The molecule has 0 saturated carbocycles. The number of rotatable bonds is 1. The van der Waals surface area contributed by atoms with Gasteiger partial charge in [-0.1, -0.05) is 11.6 Å². The van der Waals surface area contributed by atoms with Crippen molar-refractivity contribution in [3.05, 3.63) is 23.2 Å². The van der Waals surface area contributed by atoms with E-state index in [4.69, 9.17) is 26.8 Å². The van der Waals surface area contributed by atoms with Crippen molar-refractivity contribution in [1.82, 2.24) is 0 Å². The maximum absolute atomic E-state index is 10.2. The van der Waals surface area contributed by atoms with Crippen LogP contribution in [0.5, 0.6) is 11.5 Å². The van der Waals surface area contributed by atoms with Gasteiger partial charge >= 0.3 is 0 Å². The summed E-state index contributed by atoms with van der Waals surface area (Å²) in [6, 6.07) is 5.09. The van der Waals surface area contributed by atoms with Gasteiger partial charge in [0.1, 0.15) is 18.3 Å². The maximum atomic E-state index is 10.2. The second kappa shape index (κ2) is 4.13. The summed E-state index contributed by atoms with van der Waals surface area (Å²) in [6.07, 6.45) is -0.431. The molecule has 0 fully saturated rings. The topological polar surface area (TPSA) is 64.7 Å². The molecule has 1 aliphatic heterocycles. The quantitative estimate of drug-likeness (QED) is 0.778. The van der Waals surface area contributed by atoms with Gasteiger partial charge in [-0.3, -0.25) is 0 Å². The van der Waals surface area contributed by atoms with Crippen molar-refractivity contribution in [1.29, 1.82) is 0 Å². The van der Waals surface area contributed by atoms with Crippen molar-refractivity contribution in [2.75, 3.05) is 13.2 Å². The number of halogens is 1. The van der Waals surface area contributed by atoms with Crippen molar-refractivity contribution < 1.29 is 14.6 Å². The van der Waals surface area contributed by atoms with Gasteiger partial charge in [-0.05, 0) is 19.1 Å². The Morgan fingerprint density at radius 3 is 3.00 bits per heavy atom. The average Bonchev–Trinajstić information content (AvgIpc) is 2.39. The van der Waals surface area contributed by atoms with Crippen LogP contribution < -0.4 is 15.2 Å². The van der Waals surface area contributed by atoms with E-state index in [0.717, 1.165) is 0 Å². The molecule has 0 saturated heterocycles. The second-order valence-electron chi connectivity index (χ2n) is 3.95. The van der Waals surface area contributed by atoms with Crippen molar-refractivity contribution in [2.24, 2.45) is 5.73 Å². The van der Waals surface area contributed by atoms with Gasteiger partial charge < -0.3 is 20.3 Å². The zero-order valence-corrected chi connectivity index (χ0v) is 9.70. The van der Waals surface area contributed by atoms with Gasteiger partial charge in [0.15, 0.2) is 11.5 Å². The van der Waals surface area contributed by atoms with Crippen LogP contribution in [0.1, 0.15) is 6.92 Å². The SMILES string of the molecule is CC1Oc2ccc(Cl)cc2OCC1(O)CN. The van der Waals surface area contributed by atoms with E-state index in [1.54, 1.807) is 25.1 Å². The van der Waals surface area contributed by atoms with Gasteiger partial charge in [-0.2, -0.15) is 0 Å². The first kappa shape index (κ1) is 11.5. The summed E-state index contributed by atoms with van der Waals surface area (Å²) in [6.45, 7) is 1.94. The highest BCUT2D eigenvalue weighted by Gasteiger charge is 2.38. The van der Waals surface area contributed by atoms with Crippen LogP contribution in [0.25, 0.3) is 0 Å². The molecule has 3 N–H and O–H groups in total. The highest BCUT2D eigenvalue weighted by Crippen LogP contribution is 2.35. The predicted octanol–water partition coefficient (Wildman–Crippen LogP) is 1.19. The Morgan fingerprint density at radius 1 is 1.56 bits per heavy atom. The van der Waals surface area contributed by atoms with Crippen LogP contribution >= 0.6 is 11.6 Å². The van der Waals surface area contributed by atoms with Crippen molar-refractivity contribution in [3.8, 4) is 11.5 Å². The molecule has 0 spiro atoms. The van der Waals surface area contributed by atoms with E-state index in [1.807, 2.05) is 0 Å². The molecule has 0 radical (unpaired) electrons. The third kappa shape index (κ3) is 1.96. The average molecular weight is 244 g/mol. The zero-order valence-electron chi connectivity index (χ0n) is 8.94. The Kier molecular flexibility index (Phi) is 2.97. The van der Waals surface area contributed by atoms with E-state index >= 15 is 0 Å². The zero-order chi connectivity index (χ0) is 11.8. The summed E-state index contributed by atoms with van der Waals surface area (Å²) in [5.41, 5.74) is 4.35. The van der Waals surface area contributed by atoms with Crippen LogP contribution in [0, 0.1) is 0 Å². The number of ether oxygens (including phenoxy) is 2. The third-order valence-electron chi connectivity index (χ3n) is 2.80. The number of fused-ring (bicyclic) bond motifs is 1. The van der Waals surface area contributed by atoms with Crippen LogP contribution in [0.15, 0.2) is 18.2 Å². The summed E-state index contributed by atoms with van der Waals surface area (Å²) in [5.74, 6) is 1.10. The lowest BCUT2D eigenvalue weighted by Crippen LogP contribution is -2.53. The number of aliphatic hydroxyl groups is 1. The summed E-state index contributed by atoms with van der Waals surface area (Å²) >= 11 is 5.85. The van der Waals surface area contributed by atoms with Gasteiger partial charge in [0, 0.05) is 17.6 Å². The van der Waals surface area contributed by atoms with Crippen LogP contribution in [0.4, 0.5) is 0 Å². The lowest BCUT2D eigenvalue weighted by atomic mass is 9.99. The fourth-order valence-corrected chi connectivity index (χ4v) is 1.70. The van der Waals surface area contributed by atoms with E-state index in [1.165, 1.54) is 0 Å². The number of benzene rings is 1. The monoisotopic (exact) mass is 243 g/mol. The fraction of sp³-hybridized carbons (Fsp3) is 0.455. The summed E-state index contributed by atoms with van der Waals surface area (Å²) in [5, 5.41) is 10.7. The largest absolute Gasteiger partial charge is 0.486 e. The van der Waals surface area contributed by atoms with Crippen molar-refractivity contribution in [3.63, 3.8) is 0 Å². The highest BCUT2D eigenvalue weighted by molar-refractivity contribution is 6.30. The molecule has 1 aromatic rings. The van der Waals surface area contributed by atoms with Gasteiger partial charge in [0.2, 0.25) is 0 Å². The van der Waals surface area contributed by atoms with Crippen molar-refractivity contribution >= 4 is 11.6 Å². The lowest BCUT2D eigenvalue weighted by Gasteiger charge is -2.29. The fourth-order valence-electron chi connectivity index (χ4n) is 1.54. The van der Waals surface area contributed by atoms with E-state index in [-0.39, 0.29) is 13.2 Å². The molecule has 88 valence electrons. The normalized spacial score (nSPS) is 28.6. The molecule has 1 heterocycles. The number of hydrogen-bond acceptors (Lipinski definition) is 4. The van der Waals surface area contributed by atoms with Crippen LogP contribution in [0.3, 0.4) is 0 Å². The van der Waals surface area contributed by atoms with Gasteiger partial charge in [-0.25, -0.2) is 0 Å². The lowest BCUT2D eigenvalue weighted by molar-refractivity contribution is -0.0617. The molecular formula is C11H14ClNO3. The summed E-state index contributed by atoms with van der Waals surface area (Å²) in [4.78, 5) is 0. The van der Waals surface area contributed by atoms with E-state index < -0.39 is 11.7 Å². The Bertz CT molecular complexity index is 399. The molecule has 0 bridgehead atoms. The molecule has 4 nitrogen and oxygen atoms in total. The van der Waals surface area contributed by atoms with Crippen LogP contribution in [0.2, 0.25) is 5.02 Å². The number of nitrogens with two attached hydrogens (primary N) is 1. The van der Waals surface area contributed by atoms with Gasteiger partial charge in [0.05, 0.1) is 0 Å². The molecule has 1 aliphatic rings. The standard InChI is InChI=1S/C11H14ClNO3/c1-7-11(14,5-13)6-15-10-4-8(12)2-3-9(10)16-7/h2-4,7,14H,5-6,13H2,1H3. The smallest absolute Gasteiger partial charge is 0.162 e. The first-order valence-electron chi connectivity index (χ1n) is 5.06. The minimum absolute atomic E-state index is 0.0793. The molecule has 0 aliphatic carbocycles. The first-order chi connectivity index (χ1) is 7.55. The van der Waals surface area contributed by atoms with E-state index in [0.29, 0.717) is 16.5 Å². The molecule has 2 rings (SSSR count). The van der Waals surface area contributed by atoms with E-state index in [9.17, 15) is 5.11 Å². The molecule has 0 aromatic heterocycles. The first-order valence-corrected chi connectivity index (χ1v) is 5.44. The minimum Gasteiger partial charge on any atom is -0.486 e. The molecule has 1 aromatic carbocycles. The van der Waals surface area contributed by atoms with Crippen molar-refractivity contribution in [2.45, 2.75) is 18.6 Å². The predicted molar refractivity (Wildman–Crippen MR) is 61.0 cm³/mol. The highest BCUT2D eigenvalue weighted by atomic mass is 35.5. The van der Waals surface area contributed by atoms with Crippen LogP contribution in [-0.4, -0.2) is 30.0 Å². The number of hydrogen-bond donors (Lipinski definition) is 2. The Balaban J connectivity index is 2.33. The molecule has 2 atom stereocenters. The molecule has 5 heteroatoms. The summed E-state index contributed by atoms with van der Waals surface area (Å²) in [7, 11) is 0.